The van der Waals surface area contributed by atoms with Crippen LogP contribution in [0.3, 0.4) is 0 Å². The smallest absolute Gasteiger partial charge is 0.248 e. The third-order valence-electron chi connectivity index (χ3n) is 8.24. The first kappa shape index (κ1) is 27.2. The highest BCUT2D eigenvalue weighted by atomic mass is 16.1. The highest BCUT2D eigenvalue weighted by molar-refractivity contribution is 5.93. The van der Waals surface area contributed by atoms with E-state index >= 15 is 0 Å². The Hall–Kier alpha value is -4.42. The number of nitriles is 1. The average molecular weight is 537 g/mol. The van der Waals surface area contributed by atoms with E-state index < -0.39 is 11.3 Å². The molecule has 9 nitrogen and oxygen atoms in total. The predicted octanol–water partition coefficient (Wildman–Crippen LogP) is 3.06. The van der Waals surface area contributed by atoms with Crippen LogP contribution in [0, 0.1) is 18.3 Å². The molecule has 0 bridgehead atoms. The Kier molecular flexibility index (Phi) is 7.46. The van der Waals surface area contributed by atoms with E-state index in [0.717, 1.165) is 71.6 Å². The summed E-state index contributed by atoms with van der Waals surface area (Å²) >= 11 is 0. The van der Waals surface area contributed by atoms with Crippen molar-refractivity contribution in [3.8, 4) is 6.07 Å². The van der Waals surface area contributed by atoms with Gasteiger partial charge in [-0.15, -0.1) is 0 Å². The molecule has 2 atom stereocenters. The number of aromatic nitrogens is 3. The summed E-state index contributed by atoms with van der Waals surface area (Å²) in [6.45, 7) is 12.2. The topological polar surface area (TPSA) is 150 Å². The zero-order valence-electron chi connectivity index (χ0n) is 23.0. The van der Waals surface area contributed by atoms with E-state index in [1.54, 1.807) is 6.07 Å². The minimum Gasteiger partial charge on any atom is -0.399 e. The van der Waals surface area contributed by atoms with Gasteiger partial charge in [0.1, 0.15) is 11.9 Å². The SMILES string of the molecule is C=C(N)c1ccc2c(c1)CCc1cc(C(N)=O)ccc1C2(CCNCC(=C)N1CCCC1C#N)c1n[nH]c(C)n1. The number of rotatable bonds is 9. The molecule has 1 aliphatic heterocycles. The van der Waals surface area contributed by atoms with Gasteiger partial charge >= 0.3 is 0 Å². The van der Waals surface area contributed by atoms with Crippen LogP contribution in [0.15, 0.2) is 55.3 Å². The quantitative estimate of drug-likeness (QED) is 0.307. The number of H-pyrrole nitrogens is 1. The molecule has 0 saturated carbocycles. The van der Waals surface area contributed by atoms with Crippen LogP contribution < -0.4 is 16.8 Å². The lowest BCUT2D eigenvalue weighted by Crippen LogP contribution is -2.38. The number of hydrogen-bond donors (Lipinski definition) is 4. The molecule has 0 spiro atoms. The fraction of sp³-hybridized carbons (Fsp3) is 0.355. The van der Waals surface area contributed by atoms with Crippen molar-refractivity contribution < 1.29 is 4.79 Å². The van der Waals surface area contributed by atoms with Gasteiger partial charge in [0, 0.05) is 30.0 Å². The zero-order valence-corrected chi connectivity index (χ0v) is 23.0. The summed E-state index contributed by atoms with van der Waals surface area (Å²) in [5.74, 6) is 0.939. The molecular weight excluding hydrogens is 500 g/mol. The van der Waals surface area contributed by atoms with Crippen LogP contribution >= 0.6 is 0 Å². The van der Waals surface area contributed by atoms with Gasteiger partial charge in [-0.1, -0.05) is 31.4 Å². The maximum absolute atomic E-state index is 12.1. The number of nitrogens with one attached hydrogen (secondary N) is 2. The standard InChI is InChI=1S/C31H36N8O/c1-19(39-14-4-5-26(39)17-32)18-35-13-12-31(30-36-21(3)37-38-30)27-10-8-22(20(2)33)15-23(27)6-7-24-16-25(29(34)40)9-11-28(24)31/h8-11,15-16,26,35H,1-2,4-7,12-14,18,33H2,3H3,(H2,34,40)(H,36,37,38). The van der Waals surface area contributed by atoms with Crippen LogP contribution in [0.2, 0.25) is 0 Å². The Labute approximate surface area is 235 Å². The highest BCUT2D eigenvalue weighted by Gasteiger charge is 2.44. The van der Waals surface area contributed by atoms with Gasteiger partial charge in [-0.2, -0.15) is 10.4 Å². The fourth-order valence-corrected chi connectivity index (χ4v) is 6.25. The second-order valence-electron chi connectivity index (χ2n) is 10.8. The normalized spacial score (nSPS) is 19.8. The van der Waals surface area contributed by atoms with Crippen molar-refractivity contribution in [3.05, 3.63) is 100 Å². The number of aromatic amines is 1. The molecule has 0 radical (unpaired) electrons. The van der Waals surface area contributed by atoms with Gasteiger partial charge in [0.15, 0.2) is 5.82 Å². The third-order valence-corrected chi connectivity index (χ3v) is 8.24. The van der Waals surface area contributed by atoms with Gasteiger partial charge in [0.2, 0.25) is 5.91 Å². The van der Waals surface area contributed by atoms with Gasteiger partial charge in [0.05, 0.1) is 11.5 Å². The van der Waals surface area contributed by atoms with E-state index in [-0.39, 0.29) is 6.04 Å². The van der Waals surface area contributed by atoms with Crippen LogP contribution in [0.25, 0.3) is 5.70 Å². The summed E-state index contributed by atoms with van der Waals surface area (Å²) < 4.78 is 0. The molecule has 9 heteroatoms. The third kappa shape index (κ3) is 4.87. The molecule has 2 aromatic carbocycles. The summed E-state index contributed by atoms with van der Waals surface area (Å²) in [5.41, 5.74) is 18.2. The Morgan fingerprint density at radius 2 is 1.85 bits per heavy atom. The molecule has 1 aromatic heterocycles. The van der Waals surface area contributed by atoms with Crippen molar-refractivity contribution in [1.82, 2.24) is 25.4 Å². The number of nitrogens with two attached hydrogens (primary N) is 2. The zero-order chi connectivity index (χ0) is 28.4. The van der Waals surface area contributed by atoms with E-state index in [9.17, 15) is 10.1 Å². The number of amides is 1. The predicted molar refractivity (Wildman–Crippen MR) is 155 cm³/mol. The molecule has 40 heavy (non-hydrogen) atoms. The van der Waals surface area contributed by atoms with Crippen LogP contribution in [0.5, 0.6) is 0 Å². The van der Waals surface area contributed by atoms with E-state index in [4.69, 9.17) is 21.5 Å². The minimum atomic E-state index is -0.701. The molecular formula is C31H36N8O. The molecule has 3 aromatic rings. The molecule has 2 aliphatic rings. The first-order valence-electron chi connectivity index (χ1n) is 13.7. The molecule has 1 fully saturated rings. The number of carbonyl (C=O) groups is 1. The summed E-state index contributed by atoms with van der Waals surface area (Å²) in [6, 6.07) is 14.2. The Morgan fingerprint density at radius 1 is 1.18 bits per heavy atom. The number of nitrogens with zero attached hydrogens (tertiary/aromatic N) is 4. The molecule has 5 rings (SSSR count). The van der Waals surface area contributed by atoms with Gasteiger partial charge in [-0.25, -0.2) is 4.98 Å². The molecule has 2 unspecified atom stereocenters. The number of primary amides is 1. The van der Waals surface area contributed by atoms with Crippen molar-refractivity contribution in [2.45, 2.75) is 50.5 Å². The molecule has 2 heterocycles. The number of fused-ring (bicyclic) bond motifs is 2. The Balaban J connectivity index is 1.57. The van der Waals surface area contributed by atoms with Crippen LogP contribution in [-0.4, -0.2) is 51.7 Å². The second kappa shape index (κ2) is 11.0. The highest BCUT2D eigenvalue weighted by Crippen LogP contribution is 2.46. The molecule has 1 amide bonds. The summed E-state index contributed by atoms with van der Waals surface area (Å²) in [4.78, 5) is 19.1. The minimum absolute atomic E-state index is 0.108. The number of hydrogen-bond acceptors (Lipinski definition) is 7. The first-order valence-corrected chi connectivity index (χ1v) is 13.7. The molecule has 6 N–H and O–H groups in total. The van der Waals surface area contributed by atoms with E-state index in [1.807, 2.05) is 25.1 Å². The van der Waals surface area contributed by atoms with Crippen LogP contribution in [0.4, 0.5) is 0 Å². The number of carbonyl (C=O) groups excluding carboxylic acids is 1. The molecule has 206 valence electrons. The van der Waals surface area contributed by atoms with Crippen LogP contribution in [-0.2, 0) is 18.3 Å². The number of likely N-dealkylation sites (tertiary alicyclic amines) is 1. The molecule has 1 aliphatic carbocycles. The van der Waals surface area contributed by atoms with Crippen molar-refractivity contribution in [2.75, 3.05) is 19.6 Å². The monoisotopic (exact) mass is 536 g/mol. The maximum atomic E-state index is 12.1. The number of benzene rings is 2. The lowest BCUT2D eigenvalue weighted by Gasteiger charge is -2.35. The van der Waals surface area contributed by atoms with Crippen molar-refractivity contribution in [3.63, 3.8) is 0 Å². The Morgan fingerprint density at radius 3 is 2.45 bits per heavy atom. The molecule has 1 saturated heterocycles. The van der Waals surface area contributed by atoms with Gasteiger partial charge < -0.3 is 21.7 Å². The average Bonchev–Trinajstić information content (AvgIpc) is 3.58. The largest absolute Gasteiger partial charge is 0.399 e. The maximum Gasteiger partial charge on any atom is 0.248 e. The first-order chi connectivity index (χ1) is 19.2. The lowest BCUT2D eigenvalue weighted by atomic mass is 9.69. The summed E-state index contributed by atoms with van der Waals surface area (Å²) in [5, 5.41) is 20.8. The fourth-order valence-electron chi connectivity index (χ4n) is 6.25. The van der Waals surface area contributed by atoms with Gasteiger partial charge in [0.25, 0.3) is 0 Å². The van der Waals surface area contributed by atoms with Crippen LogP contribution in [0.1, 0.15) is 69.1 Å². The van der Waals surface area contributed by atoms with Crippen molar-refractivity contribution >= 4 is 11.6 Å². The van der Waals surface area contributed by atoms with Gasteiger partial charge in [-0.05, 0) is 91.6 Å². The van der Waals surface area contributed by atoms with Crippen molar-refractivity contribution in [2.24, 2.45) is 11.5 Å². The van der Waals surface area contributed by atoms with E-state index in [1.165, 1.54) is 0 Å². The van der Waals surface area contributed by atoms with Crippen molar-refractivity contribution in [1.29, 1.82) is 5.26 Å². The van der Waals surface area contributed by atoms with Gasteiger partial charge in [-0.3, -0.25) is 9.89 Å². The van der Waals surface area contributed by atoms with E-state index in [2.05, 4.69) is 46.7 Å². The summed E-state index contributed by atoms with van der Waals surface area (Å²) in [6.07, 6.45) is 4.01. The number of aryl methyl sites for hydroxylation is 3. The summed E-state index contributed by atoms with van der Waals surface area (Å²) in [7, 11) is 0. The second-order valence-corrected chi connectivity index (χ2v) is 10.8. The Bertz CT molecular complexity index is 1450. The van der Waals surface area contributed by atoms with E-state index in [0.29, 0.717) is 36.6 Å². The lowest BCUT2D eigenvalue weighted by molar-refractivity contribution is 0.1000.